The molecule has 190 valence electrons. The van der Waals surface area contributed by atoms with Crippen molar-refractivity contribution in [1.29, 1.82) is 0 Å². The third-order valence-corrected chi connectivity index (χ3v) is 8.74. The number of carbonyl (C=O) groups excluding carboxylic acids is 1. The van der Waals surface area contributed by atoms with Crippen LogP contribution in [0.1, 0.15) is 31.2 Å². The normalized spacial score (nSPS) is 20.3. The molecule has 4 rings (SSSR count). The molecular formula is C23H25N5O6S2. The van der Waals surface area contributed by atoms with Crippen LogP contribution in [0.15, 0.2) is 59.9 Å². The molecule has 2 N–H and O–H groups in total. The van der Waals surface area contributed by atoms with E-state index >= 15 is 0 Å². The van der Waals surface area contributed by atoms with Gasteiger partial charge in [0.25, 0.3) is 5.69 Å². The first kappa shape index (κ1) is 25.7. The Kier molecular flexibility index (Phi) is 7.07. The Balaban J connectivity index is 1.55. The second-order valence-electron chi connectivity index (χ2n) is 8.68. The molecule has 1 fully saturated rings. The Morgan fingerprint density at radius 3 is 2.69 bits per heavy atom. The highest BCUT2D eigenvalue weighted by Crippen LogP contribution is 2.42. The van der Waals surface area contributed by atoms with Gasteiger partial charge in [-0.25, -0.2) is 13.4 Å². The summed E-state index contributed by atoms with van der Waals surface area (Å²) in [4.78, 5) is 27.4. The molecule has 1 aliphatic carbocycles. The van der Waals surface area contributed by atoms with Gasteiger partial charge in [0.2, 0.25) is 10.0 Å². The number of nitro groups is 1. The number of rotatable bonds is 8. The number of imidazole rings is 1. The number of nitrogens with zero attached hydrogens (tertiary/aromatic N) is 4. The largest absolute Gasteiger partial charge is 0.460 e. The van der Waals surface area contributed by atoms with Gasteiger partial charge in [0, 0.05) is 37.8 Å². The third-order valence-electron chi connectivity index (χ3n) is 6.56. The minimum absolute atomic E-state index is 0.174. The number of fused-ring (bicyclic) bond motifs is 1. The van der Waals surface area contributed by atoms with Crippen molar-refractivity contribution in [3.63, 3.8) is 0 Å². The molecule has 36 heavy (non-hydrogen) atoms. The fraction of sp³-hybridized carbons (Fsp3) is 0.348. The molecule has 13 heteroatoms. The van der Waals surface area contributed by atoms with E-state index in [0.29, 0.717) is 12.8 Å². The number of nitrogens with two attached hydrogens (primary N) is 1. The monoisotopic (exact) mass is 531 g/mol. The molecule has 2 aromatic heterocycles. The number of hydrogen-bond donors (Lipinski definition) is 1. The lowest BCUT2D eigenvalue weighted by Crippen LogP contribution is -2.53. The smallest absolute Gasteiger partial charge is 0.321 e. The van der Waals surface area contributed by atoms with Gasteiger partial charge in [-0.05, 0) is 43.0 Å². The van der Waals surface area contributed by atoms with Crippen molar-refractivity contribution >= 4 is 44.5 Å². The van der Waals surface area contributed by atoms with Crippen LogP contribution in [0.2, 0.25) is 0 Å². The maximum absolute atomic E-state index is 12.9. The molecule has 0 saturated heterocycles. The van der Waals surface area contributed by atoms with E-state index in [9.17, 15) is 23.3 Å². The van der Waals surface area contributed by atoms with Crippen LogP contribution in [-0.2, 0) is 25.0 Å². The average molecular weight is 532 g/mol. The van der Waals surface area contributed by atoms with Crippen molar-refractivity contribution in [3.8, 4) is 0 Å². The maximum Gasteiger partial charge on any atom is 0.321 e. The Morgan fingerprint density at radius 2 is 2.03 bits per heavy atom. The van der Waals surface area contributed by atoms with Gasteiger partial charge in [-0.1, -0.05) is 24.7 Å². The predicted octanol–water partition coefficient (Wildman–Crippen LogP) is 2.57. The minimum Gasteiger partial charge on any atom is -0.460 e. The number of pyridine rings is 1. The zero-order valence-electron chi connectivity index (χ0n) is 19.4. The second kappa shape index (κ2) is 9.91. The van der Waals surface area contributed by atoms with E-state index in [2.05, 4.69) is 4.98 Å². The van der Waals surface area contributed by atoms with Crippen molar-refractivity contribution in [3.05, 3.63) is 70.7 Å². The Hall–Kier alpha value is -3.42. The van der Waals surface area contributed by atoms with E-state index in [1.54, 1.807) is 12.4 Å². The molecule has 2 heterocycles. The maximum atomic E-state index is 12.9. The molecule has 1 saturated carbocycles. The summed E-state index contributed by atoms with van der Waals surface area (Å²) in [5.41, 5.74) is 6.66. The van der Waals surface area contributed by atoms with E-state index in [1.165, 1.54) is 7.05 Å². The molecule has 1 aliphatic rings. The van der Waals surface area contributed by atoms with E-state index in [4.69, 9.17) is 22.7 Å². The SMILES string of the molecule is CN(CC(=O)OC1CCCCC1(C(N)=S)c1ccc2nccn2c1)S(=O)(=O)c1ccc([N+](=O)[O-])cc1. The number of ether oxygens (including phenoxy) is 1. The highest BCUT2D eigenvalue weighted by Gasteiger charge is 2.47. The number of likely N-dealkylation sites (N-methyl/N-ethyl adjacent to an activating group) is 1. The molecule has 0 spiro atoms. The van der Waals surface area contributed by atoms with Gasteiger partial charge in [0.1, 0.15) is 18.3 Å². The summed E-state index contributed by atoms with van der Waals surface area (Å²) in [7, 11) is -2.84. The standard InChI is InChI=1S/C23H25N5O6S2/c1-26(36(32,33)18-8-6-17(7-9-18)28(30)31)15-21(29)34-19-4-2-3-11-23(19,22(24)35)16-5-10-20-25-12-13-27(20)14-16/h5-10,12-14,19H,2-4,11,15H2,1H3,(H2,24,35). The lowest BCUT2D eigenvalue weighted by molar-refractivity contribution is -0.384. The number of aromatic nitrogens is 2. The quantitative estimate of drug-likeness (QED) is 0.200. The topological polar surface area (TPSA) is 150 Å². The summed E-state index contributed by atoms with van der Waals surface area (Å²) in [6.45, 7) is -0.552. The predicted molar refractivity (Wildman–Crippen MR) is 135 cm³/mol. The van der Waals surface area contributed by atoms with Gasteiger partial charge in [-0.15, -0.1) is 0 Å². The average Bonchev–Trinajstić information content (AvgIpc) is 3.32. The molecule has 1 aromatic carbocycles. The van der Waals surface area contributed by atoms with Gasteiger partial charge < -0.3 is 14.9 Å². The molecule has 3 aromatic rings. The Bertz CT molecular complexity index is 1420. The van der Waals surface area contributed by atoms with Gasteiger partial charge in [0.05, 0.1) is 20.2 Å². The first-order chi connectivity index (χ1) is 17.1. The molecular weight excluding hydrogens is 506 g/mol. The fourth-order valence-corrected chi connectivity index (χ4v) is 6.09. The summed E-state index contributed by atoms with van der Waals surface area (Å²) in [6, 6.07) is 8.15. The van der Waals surface area contributed by atoms with Crippen molar-refractivity contribution in [2.75, 3.05) is 13.6 Å². The third kappa shape index (κ3) is 4.68. The first-order valence-electron chi connectivity index (χ1n) is 11.2. The fourth-order valence-electron chi connectivity index (χ4n) is 4.62. The number of nitro benzene ring substituents is 1. The summed E-state index contributed by atoms with van der Waals surface area (Å²) in [6.07, 6.45) is 7.40. The van der Waals surface area contributed by atoms with E-state index in [-0.39, 0.29) is 15.6 Å². The first-order valence-corrected chi connectivity index (χ1v) is 13.0. The van der Waals surface area contributed by atoms with Crippen LogP contribution in [0.3, 0.4) is 0 Å². The van der Waals surface area contributed by atoms with Gasteiger partial charge in [-0.2, -0.15) is 4.31 Å². The molecule has 2 unspecified atom stereocenters. The molecule has 0 radical (unpaired) electrons. The lowest BCUT2D eigenvalue weighted by atomic mass is 9.67. The molecule has 2 atom stereocenters. The zero-order valence-corrected chi connectivity index (χ0v) is 21.1. The van der Waals surface area contributed by atoms with Crippen LogP contribution in [0, 0.1) is 10.1 Å². The minimum atomic E-state index is -4.08. The number of thiocarbonyl (C=S) groups is 1. The van der Waals surface area contributed by atoms with Crippen molar-refractivity contribution in [2.45, 2.75) is 42.1 Å². The number of non-ortho nitro benzene ring substituents is 1. The zero-order chi connectivity index (χ0) is 26.1. The van der Waals surface area contributed by atoms with Crippen molar-refractivity contribution in [1.82, 2.24) is 13.7 Å². The highest BCUT2D eigenvalue weighted by atomic mass is 32.2. The van der Waals surface area contributed by atoms with E-state index < -0.39 is 39.0 Å². The summed E-state index contributed by atoms with van der Waals surface area (Å²) in [5.74, 6) is -0.751. The van der Waals surface area contributed by atoms with E-state index in [1.807, 2.05) is 22.7 Å². The number of sulfonamides is 1. The van der Waals surface area contributed by atoms with Crippen LogP contribution < -0.4 is 5.73 Å². The highest BCUT2D eigenvalue weighted by molar-refractivity contribution is 7.89. The van der Waals surface area contributed by atoms with Crippen molar-refractivity contribution in [2.24, 2.45) is 5.73 Å². The Morgan fingerprint density at radius 1 is 1.31 bits per heavy atom. The van der Waals surface area contributed by atoms with E-state index in [0.717, 1.165) is 52.6 Å². The number of carbonyl (C=O) groups is 1. The summed E-state index contributed by atoms with van der Waals surface area (Å²) >= 11 is 5.49. The summed E-state index contributed by atoms with van der Waals surface area (Å²) in [5, 5.41) is 10.8. The van der Waals surface area contributed by atoms with Gasteiger partial charge in [0.15, 0.2) is 0 Å². The van der Waals surface area contributed by atoms with Gasteiger partial charge >= 0.3 is 5.97 Å². The number of benzene rings is 1. The number of esters is 1. The lowest BCUT2D eigenvalue weighted by Gasteiger charge is -2.43. The Labute approximate surface area is 213 Å². The molecule has 0 aliphatic heterocycles. The van der Waals surface area contributed by atoms with Crippen molar-refractivity contribution < 1.29 is 22.9 Å². The van der Waals surface area contributed by atoms with Crippen LogP contribution in [-0.4, -0.2) is 57.7 Å². The van der Waals surface area contributed by atoms with Gasteiger partial charge in [-0.3, -0.25) is 14.9 Å². The molecule has 11 nitrogen and oxygen atoms in total. The van der Waals surface area contributed by atoms with Crippen LogP contribution >= 0.6 is 12.2 Å². The van der Waals surface area contributed by atoms with Crippen LogP contribution in [0.5, 0.6) is 0 Å². The molecule has 0 bridgehead atoms. The van der Waals surface area contributed by atoms with Crippen LogP contribution in [0.4, 0.5) is 5.69 Å². The summed E-state index contributed by atoms with van der Waals surface area (Å²) < 4.78 is 34.3. The van der Waals surface area contributed by atoms with Crippen LogP contribution in [0.25, 0.3) is 5.65 Å². The number of hydrogen-bond acceptors (Lipinski definition) is 8. The second-order valence-corrected chi connectivity index (χ2v) is 11.2. The molecule has 0 amide bonds.